The van der Waals surface area contributed by atoms with Crippen LogP contribution >= 0.6 is 0 Å². The lowest BCUT2D eigenvalue weighted by atomic mass is 10.2. The number of aromatic nitrogens is 4. The summed E-state index contributed by atoms with van der Waals surface area (Å²) in [6.07, 6.45) is -1.48. The van der Waals surface area contributed by atoms with Crippen molar-refractivity contribution in [2.24, 2.45) is 7.05 Å². The summed E-state index contributed by atoms with van der Waals surface area (Å²) >= 11 is 0. The van der Waals surface area contributed by atoms with Crippen molar-refractivity contribution in [3.05, 3.63) is 17.8 Å². The zero-order chi connectivity index (χ0) is 13.3. The molecule has 2 aromatic heterocycles. The molecule has 0 fully saturated rings. The number of carbonyl (C=O) groups is 1. The lowest BCUT2D eigenvalue weighted by molar-refractivity contribution is 0.0556. The van der Waals surface area contributed by atoms with Crippen LogP contribution in [0.25, 0.3) is 11.5 Å². The Balaban J connectivity index is 2.42. The van der Waals surface area contributed by atoms with Crippen molar-refractivity contribution in [3.63, 3.8) is 0 Å². The van der Waals surface area contributed by atoms with Crippen molar-refractivity contribution < 1.29 is 22.7 Å². The highest BCUT2D eigenvalue weighted by Crippen LogP contribution is 2.28. The number of rotatable bonds is 3. The van der Waals surface area contributed by atoms with Crippen LogP contribution in [0.3, 0.4) is 0 Å². The van der Waals surface area contributed by atoms with E-state index in [-0.39, 0.29) is 11.5 Å². The summed E-state index contributed by atoms with van der Waals surface area (Å²) in [6.45, 7) is 0. The molecule has 2 heterocycles. The predicted octanol–water partition coefficient (Wildman–Crippen LogP) is 1.19. The maximum atomic E-state index is 12.7. The second-order valence-corrected chi connectivity index (χ2v) is 3.31. The fourth-order valence-corrected chi connectivity index (χ4v) is 1.33. The zero-order valence-electron chi connectivity index (χ0n) is 9.42. The Bertz CT molecular complexity index is 578. The first-order chi connectivity index (χ1) is 8.52. The lowest BCUT2D eigenvalue weighted by Gasteiger charge is -1.95. The highest BCUT2D eigenvalue weighted by atomic mass is 19.3. The lowest BCUT2D eigenvalue weighted by Crippen LogP contribution is -2.00. The number of methoxy groups -OCH3 is 1. The molecule has 0 unspecified atom stereocenters. The van der Waals surface area contributed by atoms with E-state index in [9.17, 15) is 13.6 Å². The number of esters is 1. The molecule has 0 aromatic carbocycles. The van der Waals surface area contributed by atoms with Crippen LogP contribution in [0.1, 0.15) is 22.8 Å². The Kier molecular flexibility index (Phi) is 3.04. The van der Waals surface area contributed by atoms with Crippen LogP contribution in [-0.4, -0.2) is 33.1 Å². The van der Waals surface area contributed by atoms with Crippen LogP contribution in [0.2, 0.25) is 0 Å². The van der Waals surface area contributed by atoms with Gasteiger partial charge in [0.05, 0.1) is 12.7 Å². The van der Waals surface area contributed by atoms with E-state index >= 15 is 0 Å². The molecule has 0 amide bonds. The number of hydrogen-bond acceptors (Lipinski definition) is 6. The highest BCUT2D eigenvalue weighted by molar-refractivity contribution is 5.84. The third-order valence-electron chi connectivity index (χ3n) is 2.08. The molecule has 0 aliphatic carbocycles. The van der Waals surface area contributed by atoms with Crippen molar-refractivity contribution in [3.8, 4) is 11.5 Å². The van der Waals surface area contributed by atoms with Crippen LogP contribution in [0, 0.1) is 0 Å². The summed E-state index contributed by atoms with van der Waals surface area (Å²) in [5.74, 6) is -1.45. The van der Waals surface area contributed by atoms with Crippen molar-refractivity contribution in [1.29, 1.82) is 0 Å². The SMILES string of the molecule is COC(=O)c1nnc(-c2cn(C)nc2C(F)F)o1. The van der Waals surface area contributed by atoms with Gasteiger partial charge in [-0.15, -0.1) is 10.2 Å². The van der Waals surface area contributed by atoms with Gasteiger partial charge >= 0.3 is 11.9 Å². The second-order valence-electron chi connectivity index (χ2n) is 3.31. The number of hydrogen-bond donors (Lipinski definition) is 0. The minimum atomic E-state index is -2.78. The van der Waals surface area contributed by atoms with Gasteiger partial charge in [0, 0.05) is 13.2 Å². The standard InChI is InChI=1S/C9H8F2N4O3/c1-15-3-4(5(14-15)6(10)11)7-12-13-8(18-7)9(16)17-2/h3,6H,1-2H3. The fourth-order valence-electron chi connectivity index (χ4n) is 1.33. The topological polar surface area (TPSA) is 83.0 Å². The van der Waals surface area contributed by atoms with Gasteiger partial charge in [0.1, 0.15) is 5.69 Å². The summed E-state index contributed by atoms with van der Waals surface area (Å²) in [5.41, 5.74) is -0.507. The molecule has 18 heavy (non-hydrogen) atoms. The van der Waals surface area contributed by atoms with E-state index in [2.05, 4.69) is 20.0 Å². The molecule has 7 nitrogen and oxygen atoms in total. The van der Waals surface area contributed by atoms with Crippen LogP contribution in [0.15, 0.2) is 10.6 Å². The van der Waals surface area contributed by atoms with Gasteiger partial charge in [-0.3, -0.25) is 4.68 Å². The largest absolute Gasteiger partial charge is 0.462 e. The minimum Gasteiger partial charge on any atom is -0.462 e. The number of aryl methyl sites for hydroxylation is 1. The van der Waals surface area contributed by atoms with Crippen molar-refractivity contribution in [2.45, 2.75) is 6.43 Å². The van der Waals surface area contributed by atoms with Gasteiger partial charge in [-0.2, -0.15) is 5.10 Å². The van der Waals surface area contributed by atoms with Crippen LogP contribution in [-0.2, 0) is 11.8 Å². The summed E-state index contributed by atoms with van der Waals surface area (Å²) < 4.78 is 35.9. The van der Waals surface area contributed by atoms with Crippen molar-refractivity contribution in [1.82, 2.24) is 20.0 Å². The molecular weight excluding hydrogens is 250 g/mol. The molecule has 0 spiro atoms. The third kappa shape index (κ3) is 2.06. The number of carbonyl (C=O) groups excluding carboxylic acids is 1. The smallest absolute Gasteiger partial charge is 0.396 e. The molecule has 0 atom stereocenters. The first-order valence-electron chi connectivity index (χ1n) is 4.76. The summed E-state index contributed by atoms with van der Waals surface area (Å²) in [5, 5.41) is 10.5. The summed E-state index contributed by atoms with van der Waals surface area (Å²) in [7, 11) is 2.62. The normalized spacial score (nSPS) is 10.9. The summed E-state index contributed by atoms with van der Waals surface area (Å²) in [6, 6.07) is 0. The number of nitrogens with zero attached hydrogens (tertiary/aromatic N) is 4. The molecule has 2 rings (SSSR count). The first kappa shape index (κ1) is 12.1. The minimum absolute atomic E-state index is 0.0184. The molecule has 0 bridgehead atoms. The number of ether oxygens (including phenoxy) is 1. The predicted molar refractivity (Wildman–Crippen MR) is 52.8 cm³/mol. The van der Waals surface area contributed by atoms with Gasteiger partial charge in [-0.05, 0) is 0 Å². The number of alkyl halides is 2. The Morgan fingerprint density at radius 1 is 1.50 bits per heavy atom. The molecule has 0 saturated carbocycles. The first-order valence-corrected chi connectivity index (χ1v) is 4.76. The Hall–Kier alpha value is -2.32. The highest BCUT2D eigenvalue weighted by Gasteiger charge is 2.24. The molecule has 9 heteroatoms. The van der Waals surface area contributed by atoms with E-state index < -0.39 is 24.0 Å². The van der Waals surface area contributed by atoms with E-state index in [0.29, 0.717) is 0 Å². The summed E-state index contributed by atoms with van der Waals surface area (Å²) in [4.78, 5) is 11.1. The van der Waals surface area contributed by atoms with Crippen LogP contribution in [0.4, 0.5) is 8.78 Å². The molecule has 2 aromatic rings. The van der Waals surface area contributed by atoms with Crippen molar-refractivity contribution >= 4 is 5.97 Å². The fraction of sp³-hybridized carbons (Fsp3) is 0.333. The van der Waals surface area contributed by atoms with Gasteiger partial charge in [0.25, 0.3) is 12.3 Å². The van der Waals surface area contributed by atoms with Gasteiger partial charge < -0.3 is 9.15 Å². The molecule has 96 valence electrons. The van der Waals surface area contributed by atoms with Gasteiger partial charge in [0.15, 0.2) is 0 Å². The maximum absolute atomic E-state index is 12.7. The van der Waals surface area contributed by atoms with Crippen molar-refractivity contribution in [2.75, 3.05) is 7.11 Å². The van der Waals surface area contributed by atoms with E-state index in [1.807, 2.05) is 0 Å². The van der Waals surface area contributed by atoms with E-state index in [4.69, 9.17) is 4.42 Å². The van der Waals surface area contributed by atoms with Gasteiger partial charge in [-0.1, -0.05) is 0 Å². The van der Waals surface area contributed by atoms with E-state index in [0.717, 1.165) is 7.11 Å². The molecule has 0 saturated heterocycles. The molecule has 0 aliphatic heterocycles. The Morgan fingerprint density at radius 2 is 2.22 bits per heavy atom. The monoisotopic (exact) mass is 258 g/mol. The maximum Gasteiger partial charge on any atom is 0.396 e. The van der Waals surface area contributed by atoms with E-state index in [1.165, 1.54) is 17.9 Å². The molecule has 0 radical (unpaired) electrons. The Morgan fingerprint density at radius 3 is 2.83 bits per heavy atom. The molecule has 0 aliphatic rings. The van der Waals surface area contributed by atoms with Gasteiger partial charge in [-0.25, -0.2) is 13.6 Å². The van der Waals surface area contributed by atoms with Gasteiger partial charge in [0.2, 0.25) is 0 Å². The average molecular weight is 258 g/mol. The molecule has 0 N–H and O–H groups in total. The third-order valence-corrected chi connectivity index (χ3v) is 2.08. The van der Waals surface area contributed by atoms with Crippen LogP contribution < -0.4 is 0 Å². The quantitative estimate of drug-likeness (QED) is 0.769. The zero-order valence-corrected chi connectivity index (χ0v) is 9.42. The average Bonchev–Trinajstić information content (AvgIpc) is 2.93. The Labute approximate surface area is 99.4 Å². The van der Waals surface area contributed by atoms with Crippen LogP contribution in [0.5, 0.6) is 0 Å². The van der Waals surface area contributed by atoms with E-state index in [1.54, 1.807) is 0 Å². The number of halogens is 2. The molecular formula is C9H8F2N4O3. The second kappa shape index (κ2) is 4.51.